The van der Waals surface area contributed by atoms with Gasteiger partial charge in [0.25, 0.3) is 5.56 Å². The molecule has 0 spiro atoms. The summed E-state index contributed by atoms with van der Waals surface area (Å²) in [6.45, 7) is 0. The number of aromatic nitrogens is 2. The van der Waals surface area contributed by atoms with E-state index < -0.39 is 0 Å². The van der Waals surface area contributed by atoms with Gasteiger partial charge in [0.1, 0.15) is 5.69 Å². The van der Waals surface area contributed by atoms with Crippen molar-refractivity contribution in [3.8, 4) is 11.3 Å². The fourth-order valence-electron chi connectivity index (χ4n) is 1.22. The molecule has 1 aromatic carbocycles. The van der Waals surface area contributed by atoms with Crippen LogP contribution in [0.2, 0.25) is 10.0 Å². The Morgan fingerprint density at radius 1 is 1.20 bits per heavy atom. The first kappa shape index (κ1) is 10.2. The summed E-state index contributed by atoms with van der Waals surface area (Å²) < 4.78 is 0. The zero-order valence-corrected chi connectivity index (χ0v) is 9.01. The zero-order valence-electron chi connectivity index (χ0n) is 7.50. The molecule has 0 aliphatic heterocycles. The number of nitrogens with zero attached hydrogens (tertiary/aromatic N) is 1. The Kier molecular flexibility index (Phi) is 2.75. The Labute approximate surface area is 95.7 Å². The summed E-state index contributed by atoms with van der Waals surface area (Å²) in [5, 5.41) is 7.09. The van der Waals surface area contributed by atoms with Gasteiger partial charge in [-0.2, -0.15) is 5.10 Å². The van der Waals surface area contributed by atoms with Crippen LogP contribution in [0.1, 0.15) is 0 Å². The van der Waals surface area contributed by atoms with Crippen molar-refractivity contribution >= 4 is 23.2 Å². The van der Waals surface area contributed by atoms with E-state index in [2.05, 4.69) is 10.2 Å². The molecule has 5 heteroatoms. The molecule has 0 aliphatic carbocycles. The summed E-state index contributed by atoms with van der Waals surface area (Å²) in [7, 11) is 0. The second-order valence-electron chi connectivity index (χ2n) is 2.94. The average molecular weight is 241 g/mol. The highest BCUT2D eigenvalue weighted by molar-refractivity contribution is 6.33. The molecule has 2 rings (SSSR count). The van der Waals surface area contributed by atoms with Crippen LogP contribution in [-0.4, -0.2) is 10.2 Å². The van der Waals surface area contributed by atoms with Crippen LogP contribution in [0.15, 0.2) is 35.1 Å². The molecule has 0 saturated carbocycles. The van der Waals surface area contributed by atoms with Crippen LogP contribution in [-0.2, 0) is 0 Å². The summed E-state index contributed by atoms with van der Waals surface area (Å²) in [6.07, 6.45) is 0. The first-order valence-corrected chi connectivity index (χ1v) is 4.93. The Morgan fingerprint density at radius 2 is 2.00 bits per heavy atom. The summed E-state index contributed by atoms with van der Waals surface area (Å²) in [5.74, 6) is 0. The van der Waals surface area contributed by atoms with Gasteiger partial charge in [-0.05, 0) is 12.1 Å². The second kappa shape index (κ2) is 4.04. The third kappa shape index (κ3) is 2.19. The molecule has 0 bridgehead atoms. The molecule has 2 aromatic rings. The van der Waals surface area contributed by atoms with Crippen molar-refractivity contribution in [2.24, 2.45) is 0 Å². The normalized spacial score (nSPS) is 10.3. The van der Waals surface area contributed by atoms with Crippen LogP contribution < -0.4 is 5.56 Å². The maximum absolute atomic E-state index is 10.9. The van der Waals surface area contributed by atoms with Gasteiger partial charge in [-0.3, -0.25) is 4.79 Å². The van der Waals surface area contributed by atoms with Crippen molar-refractivity contribution in [1.29, 1.82) is 0 Å². The number of hydrogen-bond acceptors (Lipinski definition) is 2. The summed E-state index contributed by atoms with van der Waals surface area (Å²) in [4.78, 5) is 10.9. The Hall–Kier alpha value is -1.32. The van der Waals surface area contributed by atoms with Crippen LogP contribution in [0.25, 0.3) is 11.3 Å². The quantitative estimate of drug-likeness (QED) is 0.834. The van der Waals surface area contributed by atoms with Gasteiger partial charge in [-0.25, -0.2) is 5.10 Å². The number of benzene rings is 1. The first-order chi connectivity index (χ1) is 7.16. The zero-order chi connectivity index (χ0) is 10.8. The van der Waals surface area contributed by atoms with Crippen LogP contribution in [0, 0.1) is 0 Å². The number of aromatic amines is 1. The van der Waals surface area contributed by atoms with E-state index in [1.807, 2.05) is 6.07 Å². The molecule has 0 aliphatic rings. The van der Waals surface area contributed by atoms with Gasteiger partial charge in [0.2, 0.25) is 0 Å². The van der Waals surface area contributed by atoms with E-state index in [1.54, 1.807) is 18.2 Å². The lowest BCUT2D eigenvalue weighted by atomic mass is 10.1. The van der Waals surface area contributed by atoms with Gasteiger partial charge < -0.3 is 0 Å². The van der Waals surface area contributed by atoms with E-state index in [4.69, 9.17) is 23.2 Å². The molecule has 3 nitrogen and oxygen atoms in total. The maximum Gasteiger partial charge on any atom is 0.265 e. The first-order valence-electron chi connectivity index (χ1n) is 4.18. The highest BCUT2D eigenvalue weighted by Crippen LogP contribution is 2.25. The molecular weight excluding hydrogens is 235 g/mol. The lowest BCUT2D eigenvalue weighted by Crippen LogP contribution is -2.06. The summed E-state index contributed by atoms with van der Waals surface area (Å²) >= 11 is 11.7. The van der Waals surface area contributed by atoms with E-state index in [0.717, 1.165) is 5.56 Å². The molecule has 1 N–H and O–H groups in total. The average Bonchev–Trinajstić information content (AvgIpc) is 2.17. The monoisotopic (exact) mass is 240 g/mol. The van der Waals surface area contributed by atoms with E-state index in [-0.39, 0.29) is 5.56 Å². The molecule has 1 heterocycles. The fraction of sp³-hybridized carbons (Fsp3) is 0. The number of halogens is 2. The van der Waals surface area contributed by atoms with Crippen molar-refractivity contribution < 1.29 is 0 Å². The number of rotatable bonds is 1. The third-order valence-corrected chi connectivity index (χ3v) is 2.38. The topological polar surface area (TPSA) is 45.8 Å². The predicted molar refractivity (Wildman–Crippen MR) is 60.3 cm³/mol. The van der Waals surface area contributed by atoms with Crippen molar-refractivity contribution in [2.45, 2.75) is 0 Å². The van der Waals surface area contributed by atoms with Gasteiger partial charge in [-0.1, -0.05) is 35.3 Å². The van der Waals surface area contributed by atoms with Gasteiger partial charge in [0, 0.05) is 16.7 Å². The van der Waals surface area contributed by atoms with Gasteiger partial charge in [0.15, 0.2) is 0 Å². The van der Waals surface area contributed by atoms with Gasteiger partial charge in [0.05, 0.1) is 5.02 Å². The third-order valence-electron chi connectivity index (χ3n) is 1.86. The summed E-state index contributed by atoms with van der Waals surface area (Å²) in [6, 6.07) is 8.38. The minimum absolute atomic E-state index is 0.306. The van der Waals surface area contributed by atoms with E-state index in [0.29, 0.717) is 15.7 Å². The minimum Gasteiger partial charge on any atom is -0.268 e. The molecule has 0 unspecified atom stereocenters. The van der Waals surface area contributed by atoms with Crippen LogP contribution >= 0.6 is 23.2 Å². The molecule has 0 fully saturated rings. The molecule has 1 aromatic heterocycles. The van der Waals surface area contributed by atoms with Crippen LogP contribution in [0.3, 0.4) is 0 Å². The number of hydrogen-bond donors (Lipinski definition) is 1. The molecule has 0 saturated heterocycles. The van der Waals surface area contributed by atoms with Gasteiger partial charge >= 0.3 is 0 Å². The highest BCUT2D eigenvalue weighted by atomic mass is 35.5. The smallest absolute Gasteiger partial charge is 0.265 e. The summed E-state index contributed by atoms with van der Waals surface area (Å²) in [5.41, 5.74) is 0.952. The van der Waals surface area contributed by atoms with E-state index >= 15 is 0 Å². The van der Waals surface area contributed by atoms with E-state index in [1.165, 1.54) is 6.07 Å². The standard InChI is InChI=1S/C10H6Cl2N2O/c11-7-3-1-2-6(4-7)10-8(12)5-9(15)13-14-10/h1-5H,(H,13,15). The minimum atomic E-state index is -0.328. The van der Waals surface area contributed by atoms with Crippen molar-refractivity contribution in [1.82, 2.24) is 10.2 Å². The Balaban J connectivity index is 2.59. The highest BCUT2D eigenvalue weighted by Gasteiger charge is 2.06. The lowest BCUT2D eigenvalue weighted by molar-refractivity contribution is 0.995. The molecule has 0 radical (unpaired) electrons. The van der Waals surface area contributed by atoms with Crippen molar-refractivity contribution in [2.75, 3.05) is 0 Å². The SMILES string of the molecule is O=c1cc(Cl)c(-c2cccc(Cl)c2)n[nH]1. The lowest BCUT2D eigenvalue weighted by Gasteiger charge is -2.02. The second-order valence-corrected chi connectivity index (χ2v) is 3.78. The van der Waals surface area contributed by atoms with E-state index in [9.17, 15) is 4.79 Å². The maximum atomic E-state index is 10.9. The Bertz CT molecular complexity index is 551. The largest absolute Gasteiger partial charge is 0.268 e. The molecule has 0 amide bonds. The molecule has 0 atom stereocenters. The molecule has 15 heavy (non-hydrogen) atoms. The van der Waals surface area contributed by atoms with Crippen molar-refractivity contribution in [3.63, 3.8) is 0 Å². The van der Waals surface area contributed by atoms with Crippen LogP contribution in [0.5, 0.6) is 0 Å². The number of H-pyrrole nitrogens is 1. The number of nitrogens with one attached hydrogen (secondary N) is 1. The van der Waals surface area contributed by atoms with Gasteiger partial charge in [-0.15, -0.1) is 0 Å². The molecular formula is C10H6Cl2N2O. The Morgan fingerprint density at radius 3 is 2.67 bits per heavy atom. The molecule has 76 valence electrons. The fourth-order valence-corrected chi connectivity index (χ4v) is 1.66. The van der Waals surface area contributed by atoms with Crippen LogP contribution in [0.4, 0.5) is 0 Å². The predicted octanol–water partition coefficient (Wildman–Crippen LogP) is 2.74. The van der Waals surface area contributed by atoms with Crippen molar-refractivity contribution in [3.05, 3.63) is 50.7 Å².